The van der Waals surface area contributed by atoms with Crippen molar-refractivity contribution >= 4 is 46.0 Å². The molecule has 0 aliphatic carbocycles. The fourth-order valence-electron chi connectivity index (χ4n) is 3.62. The highest BCUT2D eigenvalue weighted by Gasteiger charge is 2.43. The Balaban J connectivity index is 1.61. The number of aliphatic imine (C=N–C) groups is 2. The van der Waals surface area contributed by atoms with Gasteiger partial charge in [-0.05, 0) is 56.0 Å². The summed E-state index contributed by atoms with van der Waals surface area (Å²) < 4.78 is 0. The van der Waals surface area contributed by atoms with Gasteiger partial charge in [0.05, 0.1) is 10.9 Å². The third kappa shape index (κ3) is 3.90. The van der Waals surface area contributed by atoms with Crippen LogP contribution in [0.15, 0.2) is 52.4 Å². The Morgan fingerprint density at radius 3 is 2.58 bits per heavy atom. The molecule has 2 amide bonds. The number of hydrogen-bond acceptors (Lipinski definition) is 5. The second-order valence-electron chi connectivity index (χ2n) is 8.22. The summed E-state index contributed by atoms with van der Waals surface area (Å²) >= 11 is 1.28. The molecule has 160 valence electrons. The number of nitrogens with zero attached hydrogens (tertiary/aromatic N) is 3. The van der Waals surface area contributed by atoms with Crippen LogP contribution in [0.3, 0.4) is 0 Å². The van der Waals surface area contributed by atoms with Gasteiger partial charge in [0.1, 0.15) is 11.9 Å². The van der Waals surface area contributed by atoms with E-state index in [4.69, 9.17) is 9.98 Å². The van der Waals surface area contributed by atoms with Gasteiger partial charge in [-0.2, -0.15) is 0 Å². The zero-order valence-corrected chi connectivity index (χ0v) is 19.2. The SMILES string of the molecule is Cc1cccc(NC(=O)[C@@H](C)SC2=Nc3ccccc3C3=N[C@H](C(C)C)C(=O)N23)c1C. The Hall–Kier alpha value is -2.93. The second kappa shape index (κ2) is 8.30. The predicted octanol–water partition coefficient (Wildman–Crippen LogP) is 4.68. The molecule has 0 aromatic heterocycles. The first kappa shape index (κ1) is 21.3. The van der Waals surface area contributed by atoms with Gasteiger partial charge in [-0.15, -0.1) is 0 Å². The topological polar surface area (TPSA) is 74.1 Å². The van der Waals surface area contributed by atoms with E-state index in [0.717, 1.165) is 28.1 Å². The molecule has 0 saturated heterocycles. The Labute approximate surface area is 186 Å². The Kier molecular flexibility index (Phi) is 5.71. The van der Waals surface area contributed by atoms with Crippen molar-refractivity contribution in [2.75, 3.05) is 5.32 Å². The molecule has 0 bridgehead atoms. The van der Waals surface area contributed by atoms with Gasteiger partial charge < -0.3 is 5.32 Å². The van der Waals surface area contributed by atoms with Gasteiger partial charge in [0, 0.05) is 11.3 Å². The van der Waals surface area contributed by atoms with Crippen LogP contribution in [0.25, 0.3) is 0 Å². The number of hydrogen-bond donors (Lipinski definition) is 1. The van der Waals surface area contributed by atoms with E-state index in [2.05, 4.69) is 5.32 Å². The van der Waals surface area contributed by atoms with Crippen molar-refractivity contribution in [3.8, 4) is 0 Å². The normalized spacial score (nSPS) is 18.3. The molecule has 2 aliphatic rings. The van der Waals surface area contributed by atoms with E-state index in [1.54, 1.807) is 4.90 Å². The summed E-state index contributed by atoms with van der Waals surface area (Å²) in [4.78, 5) is 37.1. The van der Waals surface area contributed by atoms with E-state index in [1.807, 2.05) is 77.1 Å². The summed E-state index contributed by atoms with van der Waals surface area (Å²) in [5.74, 6) is 0.478. The number of para-hydroxylation sites is 1. The number of amidine groups is 2. The van der Waals surface area contributed by atoms with Crippen molar-refractivity contribution in [1.29, 1.82) is 0 Å². The molecule has 4 rings (SSSR count). The number of nitrogens with one attached hydrogen (secondary N) is 1. The Bertz CT molecular complexity index is 1120. The molecule has 2 aromatic rings. The van der Waals surface area contributed by atoms with Crippen molar-refractivity contribution < 1.29 is 9.59 Å². The zero-order chi connectivity index (χ0) is 22.3. The summed E-state index contributed by atoms with van der Waals surface area (Å²) in [6.45, 7) is 9.80. The van der Waals surface area contributed by atoms with E-state index in [0.29, 0.717) is 11.0 Å². The minimum Gasteiger partial charge on any atom is -0.325 e. The number of rotatable bonds is 4. The largest absolute Gasteiger partial charge is 0.325 e. The first-order chi connectivity index (χ1) is 14.8. The molecular weight excluding hydrogens is 408 g/mol. The first-order valence-corrected chi connectivity index (χ1v) is 11.3. The van der Waals surface area contributed by atoms with Crippen LogP contribution in [0.2, 0.25) is 0 Å². The lowest BCUT2D eigenvalue weighted by Crippen LogP contribution is -2.43. The summed E-state index contributed by atoms with van der Waals surface area (Å²) in [6, 6.07) is 13.1. The maximum absolute atomic E-state index is 13.1. The minimum absolute atomic E-state index is 0.0778. The van der Waals surface area contributed by atoms with Crippen LogP contribution in [-0.4, -0.2) is 39.0 Å². The van der Waals surface area contributed by atoms with Crippen LogP contribution in [0.4, 0.5) is 11.4 Å². The van der Waals surface area contributed by atoms with Crippen molar-refractivity contribution in [3.05, 3.63) is 59.2 Å². The van der Waals surface area contributed by atoms with Crippen LogP contribution in [0.5, 0.6) is 0 Å². The highest BCUT2D eigenvalue weighted by Crippen LogP contribution is 2.36. The predicted molar refractivity (Wildman–Crippen MR) is 127 cm³/mol. The summed E-state index contributed by atoms with van der Waals surface area (Å²) in [6.07, 6.45) is 0. The molecule has 0 radical (unpaired) electrons. The standard InChI is InChI=1S/C24H26N4O2S/c1-13(2)20-23(30)28-21(27-20)17-10-6-7-11-19(17)26-24(28)31-16(5)22(29)25-18-12-8-9-14(3)15(18)4/h6-13,16,20H,1-5H3,(H,25,29)/t16-,20-/m1/s1. The zero-order valence-electron chi connectivity index (χ0n) is 18.3. The van der Waals surface area contributed by atoms with Gasteiger partial charge in [-0.1, -0.05) is 49.9 Å². The number of anilines is 1. The average molecular weight is 435 g/mol. The van der Waals surface area contributed by atoms with Gasteiger partial charge in [0.15, 0.2) is 5.17 Å². The molecule has 0 unspecified atom stereocenters. The number of fused-ring (bicyclic) bond motifs is 3. The molecule has 7 heteroatoms. The van der Waals surface area contributed by atoms with Crippen molar-refractivity contribution in [2.24, 2.45) is 15.9 Å². The number of carbonyl (C=O) groups excluding carboxylic acids is 2. The lowest BCUT2D eigenvalue weighted by molar-refractivity contribution is -0.125. The number of aryl methyl sites for hydroxylation is 1. The minimum atomic E-state index is -0.448. The maximum Gasteiger partial charge on any atom is 0.259 e. The lowest BCUT2D eigenvalue weighted by Gasteiger charge is -2.27. The molecule has 1 N–H and O–H groups in total. The fourth-order valence-corrected chi connectivity index (χ4v) is 4.53. The van der Waals surface area contributed by atoms with Crippen molar-refractivity contribution in [1.82, 2.24) is 4.90 Å². The molecule has 0 saturated carbocycles. The summed E-state index contributed by atoms with van der Waals surface area (Å²) in [5, 5.41) is 3.06. The highest BCUT2D eigenvalue weighted by molar-refractivity contribution is 8.15. The first-order valence-electron chi connectivity index (χ1n) is 10.4. The molecule has 2 aliphatic heterocycles. The molecule has 31 heavy (non-hydrogen) atoms. The summed E-state index contributed by atoms with van der Waals surface area (Å²) in [7, 11) is 0. The molecule has 6 nitrogen and oxygen atoms in total. The molecule has 2 aromatic carbocycles. The maximum atomic E-state index is 13.1. The van der Waals surface area contributed by atoms with E-state index in [1.165, 1.54) is 11.8 Å². The third-order valence-electron chi connectivity index (χ3n) is 5.64. The molecule has 2 atom stereocenters. The number of amides is 2. The van der Waals surface area contributed by atoms with Crippen LogP contribution in [0.1, 0.15) is 37.5 Å². The Morgan fingerprint density at radius 2 is 1.84 bits per heavy atom. The van der Waals surface area contributed by atoms with Gasteiger partial charge in [0.2, 0.25) is 5.91 Å². The van der Waals surface area contributed by atoms with Crippen LogP contribution >= 0.6 is 11.8 Å². The highest BCUT2D eigenvalue weighted by atomic mass is 32.2. The fraction of sp³-hybridized carbons (Fsp3) is 0.333. The van der Waals surface area contributed by atoms with Crippen LogP contribution < -0.4 is 5.32 Å². The van der Waals surface area contributed by atoms with E-state index in [-0.39, 0.29) is 17.7 Å². The van der Waals surface area contributed by atoms with E-state index in [9.17, 15) is 9.59 Å². The van der Waals surface area contributed by atoms with Crippen molar-refractivity contribution in [3.63, 3.8) is 0 Å². The van der Waals surface area contributed by atoms with Gasteiger partial charge in [-0.25, -0.2) is 9.89 Å². The average Bonchev–Trinajstić information content (AvgIpc) is 3.09. The number of thioether (sulfide) groups is 1. The Morgan fingerprint density at radius 1 is 1.10 bits per heavy atom. The molecule has 0 fully saturated rings. The van der Waals surface area contributed by atoms with E-state index < -0.39 is 11.3 Å². The van der Waals surface area contributed by atoms with Gasteiger partial charge in [0.25, 0.3) is 5.91 Å². The summed E-state index contributed by atoms with van der Waals surface area (Å²) in [5.41, 5.74) is 4.57. The third-order valence-corrected chi connectivity index (χ3v) is 6.70. The van der Waals surface area contributed by atoms with Crippen LogP contribution in [-0.2, 0) is 9.59 Å². The van der Waals surface area contributed by atoms with Gasteiger partial charge >= 0.3 is 0 Å². The van der Waals surface area contributed by atoms with Crippen LogP contribution in [0, 0.1) is 19.8 Å². The van der Waals surface area contributed by atoms with E-state index >= 15 is 0 Å². The molecule has 2 heterocycles. The number of benzene rings is 2. The number of carbonyl (C=O) groups is 2. The lowest BCUT2D eigenvalue weighted by atomic mass is 10.1. The quantitative estimate of drug-likeness (QED) is 0.759. The monoisotopic (exact) mass is 434 g/mol. The molecule has 0 spiro atoms. The molecular formula is C24H26N4O2S. The smallest absolute Gasteiger partial charge is 0.259 e. The second-order valence-corrected chi connectivity index (χ2v) is 9.53. The van der Waals surface area contributed by atoms with Crippen molar-refractivity contribution in [2.45, 2.75) is 45.9 Å². The van der Waals surface area contributed by atoms with Gasteiger partial charge in [-0.3, -0.25) is 14.6 Å².